The Morgan fingerprint density at radius 2 is 2.05 bits per heavy atom. The quantitative estimate of drug-likeness (QED) is 0.744. The molecule has 1 heterocycles. The van der Waals surface area contributed by atoms with Crippen LogP contribution in [0, 0.1) is 5.41 Å². The van der Waals surface area contributed by atoms with Gasteiger partial charge in [-0.3, -0.25) is 4.79 Å². The van der Waals surface area contributed by atoms with Crippen molar-refractivity contribution in [1.29, 1.82) is 0 Å². The number of nitrogens with one attached hydrogen (secondary N) is 1. The molecule has 0 atom stereocenters. The van der Waals surface area contributed by atoms with Crippen LogP contribution in [0.15, 0.2) is 18.3 Å². The summed E-state index contributed by atoms with van der Waals surface area (Å²) in [6.07, 6.45) is 2.54. The van der Waals surface area contributed by atoms with Crippen molar-refractivity contribution in [3.63, 3.8) is 0 Å². The molecule has 110 valence electrons. The Bertz CT molecular complexity index is 484. The summed E-state index contributed by atoms with van der Waals surface area (Å²) >= 11 is 0. The first-order valence-electron chi connectivity index (χ1n) is 6.50. The van der Waals surface area contributed by atoms with E-state index in [0.717, 1.165) is 0 Å². The second-order valence-corrected chi connectivity index (χ2v) is 4.57. The number of hydrogen-bond donors (Lipinski definition) is 2. The smallest absolute Gasteiger partial charge is 0.356 e. The minimum absolute atomic E-state index is 0.187. The number of carboxylic acid groups (broad SMARTS) is 1. The molecule has 0 aliphatic carbocycles. The third kappa shape index (κ3) is 3.46. The van der Waals surface area contributed by atoms with Crippen molar-refractivity contribution >= 4 is 17.6 Å². The number of ether oxygens (including phenoxy) is 1. The lowest BCUT2D eigenvalue weighted by atomic mass is 9.82. The summed E-state index contributed by atoms with van der Waals surface area (Å²) in [7, 11) is 1.29. The maximum absolute atomic E-state index is 11.4. The average molecular weight is 280 g/mol. The number of pyridine rings is 1. The highest BCUT2D eigenvalue weighted by Gasteiger charge is 2.34. The summed E-state index contributed by atoms with van der Waals surface area (Å²) in [5, 5.41) is 12.4. The van der Waals surface area contributed by atoms with Gasteiger partial charge >= 0.3 is 11.9 Å². The third-order valence-corrected chi connectivity index (χ3v) is 3.59. The predicted molar refractivity (Wildman–Crippen MR) is 74.7 cm³/mol. The number of aromatic nitrogens is 1. The average Bonchev–Trinajstić information content (AvgIpc) is 2.48. The summed E-state index contributed by atoms with van der Waals surface area (Å²) in [6, 6.07) is 3.23. The topological polar surface area (TPSA) is 88.5 Å². The molecule has 1 aromatic rings. The monoisotopic (exact) mass is 280 g/mol. The molecule has 1 aromatic heterocycles. The summed E-state index contributed by atoms with van der Waals surface area (Å²) < 4.78 is 4.59. The molecule has 0 saturated heterocycles. The predicted octanol–water partition coefficient (Wildman–Crippen LogP) is 2.17. The summed E-state index contributed by atoms with van der Waals surface area (Å²) in [4.78, 5) is 26.7. The van der Waals surface area contributed by atoms with E-state index in [9.17, 15) is 14.7 Å². The molecule has 0 fully saturated rings. The molecule has 6 nitrogen and oxygen atoms in total. The molecule has 0 saturated carbocycles. The van der Waals surface area contributed by atoms with Crippen molar-refractivity contribution in [3.05, 3.63) is 24.0 Å². The van der Waals surface area contributed by atoms with E-state index >= 15 is 0 Å². The molecule has 0 unspecified atom stereocenters. The van der Waals surface area contributed by atoms with Crippen LogP contribution in [0.5, 0.6) is 0 Å². The normalized spacial score (nSPS) is 10.9. The van der Waals surface area contributed by atoms with E-state index < -0.39 is 17.4 Å². The minimum atomic E-state index is -0.822. The molecule has 0 aromatic carbocycles. The summed E-state index contributed by atoms with van der Waals surface area (Å²) in [5.41, 5.74) is 0.0219. The fourth-order valence-electron chi connectivity index (χ4n) is 1.91. The standard InChI is InChI=1S/C14H20N2O4/c1-4-14(5-2,13(18)19)9-16-10-6-7-15-11(8-10)12(17)20-3/h6-8H,4-5,9H2,1-3H3,(H,15,16)(H,18,19). The Labute approximate surface area is 118 Å². The van der Waals surface area contributed by atoms with E-state index in [1.165, 1.54) is 13.3 Å². The zero-order chi connectivity index (χ0) is 15.2. The third-order valence-electron chi connectivity index (χ3n) is 3.59. The summed E-state index contributed by atoms with van der Waals surface area (Å²) in [5.74, 6) is -1.35. The molecule has 0 aliphatic heterocycles. The van der Waals surface area contributed by atoms with Gasteiger partial charge in [0.2, 0.25) is 0 Å². The lowest BCUT2D eigenvalue weighted by molar-refractivity contribution is -0.148. The van der Waals surface area contributed by atoms with Crippen LogP contribution in [0.3, 0.4) is 0 Å². The Morgan fingerprint density at radius 1 is 1.40 bits per heavy atom. The number of esters is 1. The number of carbonyl (C=O) groups excluding carboxylic acids is 1. The van der Waals surface area contributed by atoms with Crippen LogP contribution in [0.25, 0.3) is 0 Å². The second-order valence-electron chi connectivity index (χ2n) is 4.57. The fraction of sp³-hybridized carbons (Fsp3) is 0.500. The maximum atomic E-state index is 11.4. The number of anilines is 1. The van der Waals surface area contributed by atoms with E-state index in [1.807, 2.05) is 13.8 Å². The van der Waals surface area contributed by atoms with Gasteiger partial charge in [-0.25, -0.2) is 9.78 Å². The molecule has 1 rings (SSSR count). The van der Waals surface area contributed by atoms with Crippen molar-refractivity contribution in [1.82, 2.24) is 4.98 Å². The second kappa shape index (κ2) is 6.88. The molecule has 6 heteroatoms. The van der Waals surface area contributed by atoms with Gasteiger partial charge < -0.3 is 15.2 Å². The number of carboxylic acids is 1. The van der Waals surface area contributed by atoms with Crippen LogP contribution >= 0.6 is 0 Å². The van der Waals surface area contributed by atoms with Crippen molar-refractivity contribution < 1.29 is 19.4 Å². The first-order chi connectivity index (χ1) is 9.49. The minimum Gasteiger partial charge on any atom is -0.481 e. The van der Waals surface area contributed by atoms with E-state index in [2.05, 4.69) is 15.0 Å². The first kappa shape index (κ1) is 15.9. The number of nitrogens with zero attached hydrogens (tertiary/aromatic N) is 1. The Balaban J connectivity index is 2.83. The Kier molecular flexibility index (Phi) is 5.49. The SMILES string of the molecule is CCC(CC)(CNc1ccnc(C(=O)OC)c1)C(=O)O. The van der Waals surface area contributed by atoms with E-state index in [4.69, 9.17) is 0 Å². The molecule has 0 radical (unpaired) electrons. The van der Waals surface area contributed by atoms with Crippen LogP contribution < -0.4 is 5.32 Å². The number of hydrogen-bond acceptors (Lipinski definition) is 5. The number of aliphatic carboxylic acids is 1. The highest BCUT2D eigenvalue weighted by molar-refractivity contribution is 5.88. The van der Waals surface area contributed by atoms with Gasteiger partial charge in [0.25, 0.3) is 0 Å². The Hall–Kier alpha value is -2.11. The summed E-state index contributed by atoms with van der Waals surface area (Å²) in [6.45, 7) is 4.00. The van der Waals surface area contributed by atoms with Crippen LogP contribution in [-0.2, 0) is 9.53 Å². The van der Waals surface area contributed by atoms with Gasteiger partial charge in [-0.1, -0.05) is 13.8 Å². The fourth-order valence-corrected chi connectivity index (χ4v) is 1.91. The van der Waals surface area contributed by atoms with E-state index in [1.54, 1.807) is 12.1 Å². The first-order valence-corrected chi connectivity index (χ1v) is 6.50. The highest BCUT2D eigenvalue weighted by Crippen LogP contribution is 2.27. The molecule has 2 N–H and O–H groups in total. The number of carbonyl (C=O) groups is 2. The van der Waals surface area contributed by atoms with Crippen molar-refractivity contribution in [2.75, 3.05) is 19.0 Å². The molecule has 0 aliphatic rings. The number of rotatable bonds is 7. The van der Waals surface area contributed by atoms with Gasteiger partial charge in [0.1, 0.15) is 5.69 Å². The lowest BCUT2D eigenvalue weighted by Gasteiger charge is -2.27. The van der Waals surface area contributed by atoms with Crippen molar-refractivity contribution in [2.45, 2.75) is 26.7 Å². The molecule has 0 bridgehead atoms. The van der Waals surface area contributed by atoms with Gasteiger partial charge in [-0.2, -0.15) is 0 Å². The van der Waals surface area contributed by atoms with Gasteiger partial charge in [0, 0.05) is 18.4 Å². The molecular formula is C14H20N2O4. The van der Waals surface area contributed by atoms with Gasteiger partial charge in [0.15, 0.2) is 0 Å². The van der Waals surface area contributed by atoms with Crippen LogP contribution in [0.2, 0.25) is 0 Å². The highest BCUT2D eigenvalue weighted by atomic mass is 16.5. The van der Waals surface area contributed by atoms with Crippen LogP contribution in [-0.4, -0.2) is 35.7 Å². The largest absolute Gasteiger partial charge is 0.481 e. The maximum Gasteiger partial charge on any atom is 0.356 e. The van der Waals surface area contributed by atoms with Crippen LogP contribution in [0.4, 0.5) is 5.69 Å². The van der Waals surface area contributed by atoms with Crippen molar-refractivity contribution in [2.24, 2.45) is 5.41 Å². The molecule has 20 heavy (non-hydrogen) atoms. The zero-order valence-corrected chi connectivity index (χ0v) is 12.0. The Morgan fingerprint density at radius 3 is 2.55 bits per heavy atom. The van der Waals surface area contributed by atoms with Gasteiger partial charge in [0.05, 0.1) is 12.5 Å². The van der Waals surface area contributed by atoms with Gasteiger partial charge in [-0.15, -0.1) is 0 Å². The van der Waals surface area contributed by atoms with Crippen molar-refractivity contribution in [3.8, 4) is 0 Å². The van der Waals surface area contributed by atoms with E-state index in [0.29, 0.717) is 25.1 Å². The lowest BCUT2D eigenvalue weighted by Crippen LogP contribution is -2.36. The molecule has 0 amide bonds. The van der Waals surface area contributed by atoms with Crippen LogP contribution in [0.1, 0.15) is 37.2 Å². The van der Waals surface area contributed by atoms with Gasteiger partial charge in [-0.05, 0) is 25.0 Å². The molecular weight excluding hydrogens is 260 g/mol. The molecule has 0 spiro atoms. The zero-order valence-electron chi connectivity index (χ0n) is 12.0. The van der Waals surface area contributed by atoms with E-state index in [-0.39, 0.29) is 5.69 Å². The number of methoxy groups -OCH3 is 1.